The number of nitrogens with one attached hydrogen (secondary N) is 1. The van der Waals surface area contributed by atoms with Crippen LogP contribution in [0.15, 0.2) is 24.3 Å². The fourth-order valence-corrected chi connectivity index (χ4v) is 1.85. The molecule has 1 N–H and O–H groups in total. The molecular weight excluding hydrogens is 190 g/mol. The second-order valence-corrected chi connectivity index (χ2v) is 4.20. The summed E-state index contributed by atoms with van der Waals surface area (Å²) in [5, 5.41) is 2.97. The monoisotopic (exact) mass is 203 g/mol. The van der Waals surface area contributed by atoms with E-state index in [9.17, 15) is 4.79 Å². The summed E-state index contributed by atoms with van der Waals surface area (Å²) in [6, 6.07) is 8.24. The van der Waals surface area contributed by atoms with Gasteiger partial charge in [-0.15, -0.1) is 0 Å². The van der Waals surface area contributed by atoms with Crippen LogP contribution in [-0.2, 0) is 11.2 Å². The van der Waals surface area contributed by atoms with Crippen LogP contribution in [-0.4, -0.2) is 18.1 Å². The molecule has 1 atom stereocenters. The molecule has 0 saturated heterocycles. The molecule has 1 aliphatic heterocycles. The average Bonchev–Trinajstić information content (AvgIpc) is 2.95. The number of carbonyl (C=O) groups excluding carboxylic acids is 1. The summed E-state index contributed by atoms with van der Waals surface area (Å²) in [7, 11) is 0. The molecule has 15 heavy (non-hydrogen) atoms. The van der Waals surface area contributed by atoms with E-state index in [-0.39, 0.29) is 12.0 Å². The standard InChI is InChI=1S/C12H13NO2/c14-12(13-9-5-6-9)11-7-8-3-1-2-4-10(8)15-11/h1-4,9,11H,5-7H2,(H,13,14)/t11-/m1/s1. The lowest BCUT2D eigenvalue weighted by Gasteiger charge is -2.10. The topological polar surface area (TPSA) is 38.3 Å². The summed E-state index contributed by atoms with van der Waals surface area (Å²) < 4.78 is 5.59. The number of hydrogen-bond donors (Lipinski definition) is 1. The van der Waals surface area contributed by atoms with E-state index in [0.29, 0.717) is 12.5 Å². The molecule has 3 nitrogen and oxygen atoms in total. The first-order valence-electron chi connectivity index (χ1n) is 5.38. The Morgan fingerprint density at radius 3 is 2.87 bits per heavy atom. The Labute approximate surface area is 88.4 Å². The zero-order valence-electron chi connectivity index (χ0n) is 8.40. The summed E-state index contributed by atoms with van der Waals surface area (Å²) in [6.07, 6.45) is 2.62. The Bertz CT molecular complexity index is 373. The third-order valence-electron chi connectivity index (χ3n) is 2.86. The molecule has 1 saturated carbocycles. The van der Waals surface area contributed by atoms with Crippen LogP contribution in [0.3, 0.4) is 0 Å². The fraction of sp³-hybridized carbons (Fsp3) is 0.417. The highest BCUT2D eigenvalue weighted by Gasteiger charge is 2.32. The quantitative estimate of drug-likeness (QED) is 0.786. The molecule has 0 bridgehead atoms. The van der Waals surface area contributed by atoms with Crippen molar-refractivity contribution in [3.05, 3.63) is 29.8 Å². The number of benzene rings is 1. The molecule has 1 aromatic carbocycles. The molecule has 78 valence electrons. The van der Waals surface area contributed by atoms with E-state index in [0.717, 1.165) is 24.2 Å². The van der Waals surface area contributed by atoms with Crippen molar-refractivity contribution in [3.63, 3.8) is 0 Å². The number of ether oxygens (including phenoxy) is 1. The highest BCUT2D eigenvalue weighted by atomic mass is 16.5. The van der Waals surface area contributed by atoms with Crippen molar-refractivity contribution in [1.29, 1.82) is 0 Å². The molecule has 1 heterocycles. The van der Waals surface area contributed by atoms with Crippen LogP contribution >= 0.6 is 0 Å². The smallest absolute Gasteiger partial charge is 0.261 e. The molecule has 0 unspecified atom stereocenters. The second-order valence-electron chi connectivity index (χ2n) is 4.20. The summed E-state index contributed by atoms with van der Waals surface area (Å²) in [5.41, 5.74) is 1.13. The number of rotatable bonds is 2. The third-order valence-corrected chi connectivity index (χ3v) is 2.86. The van der Waals surface area contributed by atoms with E-state index in [2.05, 4.69) is 5.32 Å². The van der Waals surface area contributed by atoms with Crippen molar-refractivity contribution in [2.45, 2.75) is 31.4 Å². The maximum Gasteiger partial charge on any atom is 0.261 e. The predicted molar refractivity (Wildman–Crippen MR) is 55.7 cm³/mol. The van der Waals surface area contributed by atoms with Gasteiger partial charge >= 0.3 is 0 Å². The Hall–Kier alpha value is -1.51. The Morgan fingerprint density at radius 2 is 2.13 bits per heavy atom. The van der Waals surface area contributed by atoms with Gasteiger partial charge in [-0.1, -0.05) is 18.2 Å². The van der Waals surface area contributed by atoms with Crippen molar-refractivity contribution >= 4 is 5.91 Å². The van der Waals surface area contributed by atoms with Gasteiger partial charge in [0.2, 0.25) is 0 Å². The lowest BCUT2D eigenvalue weighted by molar-refractivity contribution is -0.127. The summed E-state index contributed by atoms with van der Waals surface area (Å²) in [4.78, 5) is 11.7. The maximum atomic E-state index is 11.7. The largest absolute Gasteiger partial charge is 0.480 e. The Kier molecular flexibility index (Phi) is 1.91. The van der Waals surface area contributed by atoms with E-state index in [1.807, 2.05) is 24.3 Å². The van der Waals surface area contributed by atoms with Gasteiger partial charge in [0, 0.05) is 12.5 Å². The van der Waals surface area contributed by atoms with Gasteiger partial charge in [0.15, 0.2) is 6.10 Å². The van der Waals surface area contributed by atoms with Gasteiger partial charge in [0.25, 0.3) is 5.91 Å². The number of para-hydroxylation sites is 1. The molecule has 0 spiro atoms. The average molecular weight is 203 g/mol. The molecule has 1 amide bonds. The van der Waals surface area contributed by atoms with Crippen molar-refractivity contribution in [3.8, 4) is 5.75 Å². The highest BCUT2D eigenvalue weighted by Crippen LogP contribution is 2.28. The van der Waals surface area contributed by atoms with Gasteiger partial charge in [-0.2, -0.15) is 0 Å². The maximum absolute atomic E-state index is 11.7. The molecule has 0 radical (unpaired) electrons. The minimum Gasteiger partial charge on any atom is -0.480 e. The fourth-order valence-electron chi connectivity index (χ4n) is 1.85. The van der Waals surface area contributed by atoms with E-state index >= 15 is 0 Å². The van der Waals surface area contributed by atoms with E-state index in [1.54, 1.807) is 0 Å². The minimum atomic E-state index is -0.317. The van der Waals surface area contributed by atoms with Crippen LogP contribution in [0.5, 0.6) is 5.75 Å². The Morgan fingerprint density at radius 1 is 1.33 bits per heavy atom. The van der Waals surface area contributed by atoms with Crippen molar-refractivity contribution < 1.29 is 9.53 Å². The first-order chi connectivity index (χ1) is 7.33. The third kappa shape index (κ3) is 1.69. The zero-order valence-corrected chi connectivity index (χ0v) is 8.40. The number of hydrogen-bond acceptors (Lipinski definition) is 2. The SMILES string of the molecule is O=C(NC1CC1)[C@H]1Cc2ccccc2O1. The molecule has 1 aliphatic carbocycles. The van der Waals surface area contributed by atoms with Crippen LogP contribution in [0.1, 0.15) is 18.4 Å². The van der Waals surface area contributed by atoms with Gasteiger partial charge in [0.05, 0.1) is 0 Å². The van der Waals surface area contributed by atoms with Crippen molar-refractivity contribution in [2.24, 2.45) is 0 Å². The highest BCUT2D eigenvalue weighted by molar-refractivity contribution is 5.83. The van der Waals surface area contributed by atoms with Gasteiger partial charge < -0.3 is 10.1 Å². The lowest BCUT2D eigenvalue weighted by Crippen LogP contribution is -2.38. The van der Waals surface area contributed by atoms with E-state index in [1.165, 1.54) is 0 Å². The summed E-state index contributed by atoms with van der Waals surface area (Å²) in [6.45, 7) is 0. The van der Waals surface area contributed by atoms with Crippen molar-refractivity contribution in [1.82, 2.24) is 5.32 Å². The number of carbonyl (C=O) groups is 1. The molecule has 3 rings (SSSR count). The predicted octanol–water partition coefficient (Wildman–Crippen LogP) is 1.27. The first kappa shape index (κ1) is 8.77. The number of fused-ring (bicyclic) bond motifs is 1. The normalized spacial score (nSPS) is 23.1. The molecule has 1 fully saturated rings. The lowest BCUT2D eigenvalue weighted by atomic mass is 10.1. The van der Waals surface area contributed by atoms with Crippen LogP contribution < -0.4 is 10.1 Å². The van der Waals surface area contributed by atoms with Gasteiger partial charge in [0.1, 0.15) is 5.75 Å². The van der Waals surface area contributed by atoms with Gasteiger partial charge in [-0.05, 0) is 24.5 Å². The zero-order chi connectivity index (χ0) is 10.3. The summed E-state index contributed by atoms with van der Waals surface area (Å²) in [5.74, 6) is 0.891. The van der Waals surface area contributed by atoms with Gasteiger partial charge in [-0.3, -0.25) is 4.79 Å². The van der Waals surface area contributed by atoms with Crippen LogP contribution in [0.25, 0.3) is 0 Å². The van der Waals surface area contributed by atoms with Crippen LogP contribution in [0, 0.1) is 0 Å². The summed E-state index contributed by atoms with van der Waals surface area (Å²) >= 11 is 0. The number of amides is 1. The minimum absolute atomic E-state index is 0.0358. The van der Waals surface area contributed by atoms with Crippen LogP contribution in [0.2, 0.25) is 0 Å². The van der Waals surface area contributed by atoms with Crippen molar-refractivity contribution in [2.75, 3.05) is 0 Å². The molecule has 0 aromatic heterocycles. The molecule has 2 aliphatic rings. The van der Waals surface area contributed by atoms with Crippen LogP contribution in [0.4, 0.5) is 0 Å². The first-order valence-corrected chi connectivity index (χ1v) is 5.38. The second kappa shape index (κ2) is 3.26. The van der Waals surface area contributed by atoms with Gasteiger partial charge in [-0.25, -0.2) is 0 Å². The Balaban J connectivity index is 1.69. The van der Waals surface area contributed by atoms with E-state index in [4.69, 9.17) is 4.74 Å². The molecule has 1 aromatic rings. The van der Waals surface area contributed by atoms with E-state index < -0.39 is 0 Å². The molecular formula is C12H13NO2. The molecule has 3 heteroatoms.